The highest BCUT2D eigenvalue weighted by atomic mass is 16.5. The molecule has 1 aliphatic rings. The Balaban J connectivity index is 1.37. The molecule has 4 rings (SSSR count). The number of carbonyl (C=O) groups excluding carboxylic acids is 1. The first kappa shape index (κ1) is 18.2. The van der Waals surface area contributed by atoms with Crippen molar-refractivity contribution in [2.24, 2.45) is 5.92 Å². The van der Waals surface area contributed by atoms with Crippen LogP contribution in [0, 0.1) is 5.92 Å². The molecule has 1 fully saturated rings. The fourth-order valence-electron chi connectivity index (χ4n) is 3.36. The number of hydrogen-bond donors (Lipinski definition) is 3. The number of hydrogen-bond acceptors (Lipinski definition) is 5. The Morgan fingerprint density at radius 1 is 0.964 bits per heavy atom. The molecular formula is C22H22N4O2. The van der Waals surface area contributed by atoms with Crippen LogP contribution in [-0.4, -0.2) is 16.9 Å². The van der Waals surface area contributed by atoms with Gasteiger partial charge in [0.15, 0.2) is 0 Å². The quantitative estimate of drug-likeness (QED) is 0.635. The summed E-state index contributed by atoms with van der Waals surface area (Å²) in [5.41, 5.74) is 8.25. The number of pyridine rings is 1. The van der Waals surface area contributed by atoms with Crippen molar-refractivity contribution in [2.45, 2.75) is 19.0 Å². The zero-order chi connectivity index (χ0) is 19.3. The second-order valence-electron chi connectivity index (χ2n) is 6.82. The maximum atomic E-state index is 12.7. The molecule has 0 radical (unpaired) electrons. The number of ether oxygens (including phenoxy) is 1. The number of aromatic nitrogens is 1. The van der Waals surface area contributed by atoms with Gasteiger partial charge in [0.25, 0.3) is 0 Å². The molecule has 0 saturated carbocycles. The zero-order valence-corrected chi connectivity index (χ0v) is 15.5. The van der Waals surface area contributed by atoms with Gasteiger partial charge in [0.2, 0.25) is 5.91 Å². The number of anilines is 1. The molecule has 2 aromatic carbocycles. The molecule has 28 heavy (non-hydrogen) atoms. The molecule has 3 unspecified atom stereocenters. The SMILES string of the molecule is CC1C(C(=O)Nc2ccc(Oc3cccnc3)cc2)NNC1c1ccccc1. The minimum absolute atomic E-state index is 0.0700. The lowest BCUT2D eigenvalue weighted by Crippen LogP contribution is -2.41. The topological polar surface area (TPSA) is 75.3 Å². The second kappa shape index (κ2) is 8.21. The average Bonchev–Trinajstić information content (AvgIpc) is 3.12. The molecule has 3 N–H and O–H groups in total. The summed E-state index contributed by atoms with van der Waals surface area (Å²) in [6.45, 7) is 2.07. The first-order chi connectivity index (χ1) is 13.7. The third-order valence-electron chi connectivity index (χ3n) is 4.88. The van der Waals surface area contributed by atoms with Gasteiger partial charge in [0, 0.05) is 17.8 Å². The Labute approximate surface area is 163 Å². The predicted octanol–water partition coefficient (Wildman–Crippen LogP) is 3.67. The summed E-state index contributed by atoms with van der Waals surface area (Å²) in [4.78, 5) is 16.7. The molecule has 142 valence electrons. The molecule has 0 bridgehead atoms. The van der Waals surface area contributed by atoms with Crippen molar-refractivity contribution < 1.29 is 9.53 Å². The maximum Gasteiger partial charge on any atom is 0.243 e. The summed E-state index contributed by atoms with van der Waals surface area (Å²) in [6, 6.07) is 20.8. The molecule has 0 spiro atoms. The van der Waals surface area contributed by atoms with Crippen LogP contribution in [0.4, 0.5) is 5.69 Å². The van der Waals surface area contributed by atoms with Crippen molar-refractivity contribution in [2.75, 3.05) is 5.32 Å². The van der Waals surface area contributed by atoms with Crippen molar-refractivity contribution in [1.82, 2.24) is 15.8 Å². The van der Waals surface area contributed by atoms with Crippen LogP contribution in [0.2, 0.25) is 0 Å². The van der Waals surface area contributed by atoms with E-state index in [4.69, 9.17) is 4.74 Å². The van der Waals surface area contributed by atoms with Gasteiger partial charge in [-0.2, -0.15) is 0 Å². The van der Waals surface area contributed by atoms with Crippen LogP contribution in [0.3, 0.4) is 0 Å². The molecule has 3 atom stereocenters. The van der Waals surface area contributed by atoms with Crippen LogP contribution in [0.15, 0.2) is 79.1 Å². The van der Waals surface area contributed by atoms with Crippen molar-refractivity contribution in [3.63, 3.8) is 0 Å². The van der Waals surface area contributed by atoms with E-state index in [1.54, 1.807) is 12.4 Å². The smallest absolute Gasteiger partial charge is 0.243 e. The van der Waals surface area contributed by atoms with Gasteiger partial charge in [-0.1, -0.05) is 37.3 Å². The van der Waals surface area contributed by atoms with Crippen LogP contribution in [0.1, 0.15) is 18.5 Å². The second-order valence-corrected chi connectivity index (χ2v) is 6.82. The summed E-state index contributed by atoms with van der Waals surface area (Å²) in [5.74, 6) is 1.39. The summed E-state index contributed by atoms with van der Waals surface area (Å²) in [5, 5.41) is 2.97. The van der Waals surface area contributed by atoms with Crippen LogP contribution in [0.25, 0.3) is 0 Å². The van der Waals surface area contributed by atoms with E-state index in [1.165, 1.54) is 0 Å². The van der Waals surface area contributed by atoms with Gasteiger partial charge in [0.05, 0.1) is 12.2 Å². The van der Waals surface area contributed by atoms with E-state index in [2.05, 4.69) is 40.2 Å². The minimum Gasteiger partial charge on any atom is -0.456 e. The fourth-order valence-corrected chi connectivity index (χ4v) is 3.36. The third-order valence-corrected chi connectivity index (χ3v) is 4.88. The molecule has 1 amide bonds. The van der Waals surface area contributed by atoms with Gasteiger partial charge in [-0.3, -0.25) is 9.78 Å². The summed E-state index contributed by atoms with van der Waals surface area (Å²) < 4.78 is 5.72. The Hall–Kier alpha value is -3.22. The van der Waals surface area contributed by atoms with E-state index in [0.29, 0.717) is 11.5 Å². The minimum atomic E-state index is -0.323. The Bertz CT molecular complexity index is 916. The number of benzene rings is 2. The number of hydrazine groups is 1. The number of carbonyl (C=O) groups is 1. The monoisotopic (exact) mass is 374 g/mol. The molecule has 1 saturated heterocycles. The van der Waals surface area contributed by atoms with Gasteiger partial charge in [-0.25, -0.2) is 10.9 Å². The van der Waals surface area contributed by atoms with Crippen molar-refractivity contribution in [3.05, 3.63) is 84.7 Å². The normalized spacial score (nSPS) is 21.2. The van der Waals surface area contributed by atoms with Crippen molar-refractivity contribution in [3.8, 4) is 11.5 Å². The van der Waals surface area contributed by atoms with Crippen LogP contribution >= 0.6 is 0 Å². The lowest BCUT2D eigenvalue weighted by atomic mass is 9.91. The van der Waals surface area contributed by atoms with E-state index in [1.807, 2.05) is 54.6 Å². The predicted molar refractivity (Wildman–Crippen MR) is 108 cm³/mol. The Morgan fingerprint density at radius 2 is 1.75 bits per heavy atom. The largest absolute Gasteiger partial charge is 0.456 e. The van der Waals surface area contributed by atoms with Gasteiger partial charge in [0.1, 0.15) is 17.5 Å². The highest BCUT2D eigenvalue weighted by Crippen LogP contribution is 2.29. The highest BCUT2D eigenvalue weighted by molar-refractivity contribution is 5.95. The molecule has 0 aliphatic carbocycles. The molecule has 1 aliphatic heterocycles. The van der Waals surface area contributed by atoms with E-state index in [9.17, 15) is 4.79 Å². The standard InChI is InChI=1S/C22H22N4O2/c1-15-20(16-6-3-2-4-7-16)25-26-21(15)22(27)24-17-9-11-18(12-10-17)28-19-8-5-13-23-14-19/h2-15,20-21,25-26H,1H3,(H,24,27). The highest BCUT2D eigenvalue weighted by Gasteiger charge is 2.37. The molecule has 6 heteroatoms. The first-order valence-corrected chi connectivity index (χ1v) is 9.25. The molecule has 1 aromatic heterocycles. The summed E-state index contributed by atoms with van der Waals surface area (Å²) in [6.07, 6.45) is 3.35. The van der Waals surface area contributed by atoms with Crippen molar-refractivity contribution in [1.29, 1.82) is 0 Å². The third kappa shape index (κ3) is 4.03. The number of nitrogens with one attached hydrogen (secondary N) is 3. The maximum absolute atomic E-state index is 12.7. The van der Waals surface area contributed by atoms with E-state index < -0.39 is 0 Å². The lowest BCUT2D eigenvalue weighted by Gasteiger charge is -2.18. The number of nitrogens with zero attached hydrogens (tertiary/aromatic N) is 1. The zero-order valence-electron chi connectivity index (χ0n) is 15.5. The van der Waals surface area contributed by atoms with E-state index >= 15 is 0 Å². The number of amides is 1. The van der Waals surface area contributed by atoms with Gasteiger partial charge in [-0.05, 0) is 42.0 Å². The summed E-state index contributed by atoms with van der Waals surface area (Å²) >= 11 is 0. The Morgan fingerprint density at radius 3 is 2.46 bits per heavy atom. The average molecular weight is 374 g/mol. The van der Waals surface area contributed by atoms with Gasteiger partial charge in [-0.15, -0.1) is 0 Å². The Kier molecular flexibility index (Phi) is 5.32. The van der Waals surface area contributed by atoms with Gasteiger partial charge >= 0.3 is 0 Å². The molecule has 6 nitrogen and oxygen atoms in total. The number of rotatable bonds is 5. The fraction of sp³-hybridized carbons (Fsp3) is 0.182. The molecule has 3 aromatic rings. The van der Waals surface area contributed by atoms with Crippen LogP contribution in [-0.2, 0) is 4.79 Å². The van der Waals surface area contributed by atoms with Crippen molar-refractivity contribution >= 4 is 11.6 Å². The first-order valence-electron chi connectivity index (χ1n) is 9.25. The van der Waals surface area contributed by atoms with E-state index in [-0.39, 0.29) is 23.9 Å². The van der Waals surface area contributed by atoms with E-state index in [0.717, 1.165) is 11.3 Å². The van der Waals surface area contributed by atoms with Crippen LogP contribution < -0.4 is 20.9 Å². The summed E-state index contributed by atoms with van der Waals surface area (Å²) in [7, 11) is 0. The lowest BCUT2D eigenvalue weighted by molar-refractivity contribution is -0.118. The van der Waals surface area contributed by atoms with Crippen LogP contribution in [0.5, 0.6) is 11.5 Å². The molecular weight excluding hydrogens is 352 g/mol. The molecule has 2 heterocycles. The van der Waals surface area contributed by atoms with Gasteiger partial charge < -0.3 is 10.1 Å².